The number of nitrogens with zero attached hydrogens (tertiary/aromatic N) is 1. The predicted octanol–water partition coefficient (Wildman–Crippen LogP) is 3.28. The van der Waals surface area contributed by atoms with Crippen molar-refractivity contribution >= 4 is 0 Å². The molecule has 0 amide bonds. The number of nitrogens with one attached hydrogen (secondary N) is 1. The molecular weight excluding hydrogens is 208 g/mol. The number of unbranched alkanes of at least 4 members (excludes halogenated alkanes) is 1. The van der Waals surface area contributed by atoms with Gasteiger partial charge in [0.2, 0.25) is 0 Å². The molecule has 17 heavy (non-hydrogen) atoms. The molecule has 1 aliphatic rings. The predicted molar refractivity (Wildman–Crippen MR) is 76.4 cm³/mol. The van der Waals surface area contributed by atoms with Crippen LogP contribution in [0.1, 0.15) is 59.8 Å². The number of rotatable bonds is 9. The second kappa shape index (κ2) is 8.10. The Morgan fingerprint density at radius 2 is 2.00 bits per heavy atom. The van der Waals surface area contributed by atoms with Crippen LogP contribution in [0, 0.1) is 5.92 Å². The van der Waals surface area contributed by atoms with Gasteiger partial charge in [-0.15, -0.1) is 0 Å². The minimum atomic E-state index is 0.760. The van der Waals surface area contributed by atoms with Gasteiger partial charge >= 0.3 is 0 Å². The maximum absolute atomic E-state index is 3.52. The van der Waals surface area contributed by atoms with Crippen LogP contribution < -0.4 is 5.32 Å². The van der Waals surface area contributed by atoms with Gasteiger partial charge in [-0.05, 0) is 58.2 Å². The molecule has 2 nitrogen and oxygen atoms in total. The highest BCUT2D eigenvalue weighted by atomic mass is 15.2. The van der Waals surface area contributed by atoms with E-state index in [1.165, 1.54) is 45.2 Å². The van der Waals surface area contributed by atoms with Gasteiger partial charge in [-0.1, -0.05) is 27.2 Å². The normalized spacial score (nSPS) is 25.9. The molecule has 1 aliphatic carbocycles. The smallest absolute Gasteiger partial charge is 0.0139 e. The summed E-state index contributed by atoms with van der Waals surface area (Å²) in [5.41, 5.74) is 0. The van der Waals surface area contributed by atoms with Gasteiger partial charge in [0.1, 0.15) is 0 Å². The van der Waals surface area contributed by atoms with Gasteiger partial charge in [-0.3, -0.25) is 4.90 Å². The topological polar surface area (TPSA) is 15.3 Å². The van der Waals surface area contributed by atoms with Crippen LogP contribution in [-0.2, 0) is 0 Å². The third-order valence-corrected chi connectivity index (χ3v) is 4.39. The van der Waals surface area contributed by atoms with E-state index < -0.39 is 0 Å². The van der Waals surface area contributed by atoms with Crippen molar-refractivity contribution in [2.45, 2.75) is 71.9 Å². The first-order chi connectivity index (χ1) is 8.24. The van der Waals surface area contributed by atoms with E-state index in [4.69, 9.17) is 0 Å². The van der Waals surface area contributed by atoms with Gasteiger partial charge in [-0.2, -0.15) is 0 Å². The van der Waals surface area contributed by atoms with E-state index in [2.05, 4.69) is 37.9 Å². The van der Waals surface area contributed by atoms with E-state index in [0.717, 1.165) is 24.5 Å². The molecule has 1 N–H and O–H groups in total. The summed E-state index contributed by atoms with van der Waals surface area (Å²) in [6.07, 6.45) is 6.81. The molecule has 2 heteroatoms. The summed E-state index contributed by atoms with van der Waals surface area (Å²) in [4.78, 5) is 2.79. The lowest BCUT2D eigenvalue weighted by atomic mass is 9.77. The maximum atomic E-state index is 3.52. The number of hydrogen-bond donors (Lipinski definition) is 1. The first-order valence-electron chi connectivity index (χ1n) is 7.70. The Hall–Kier alpha value is -0.0800. The summed E-state index contributed by atoms with van der Waals surface area (Å²) in [6, 6.07) is 1.62. The summed E-state index contributed by atoms with van der Waals surface area (Å²) in [5, 5.41) is 3.52. The van der Waals surface area contributed by atoms with Gasteiger partial charge in [0.15, 0.2) is 0 Å². The minimum Gasteiger partial charge on any atom is -0.317 e. The Morgan fingerprint density at radius 1 is 1.24 bits per heavy atom. The highest BCUT2D eigenvalue weighted by Gasteiger charge is 2.36. The van der Waals surface area contributed by atoms with Crippen molar-refractivity contribution in [2.75, 3.05) is 19.6 Å². The molecular formula is C15H32N2. The van der Waals surface area contributed by atoms with Gasteiger partial charge in [-0.25, -0.2) is 0 Å². The zero-order valence-corrected chi connectivity index (χ0v) is 12.3. The lowest BCUT2D eigenvalue weighted by Crippen LogP contribution is -2.53. The molecule has 102 valence electrons. The number of hydrogen-bond acceptors (Lipinski definition) is 2. The molecule has 1 fully saturated rings. The Balaban J connectivity index is 2.44. The van der Waals surface area contributed by atoms with Crippen LogP contribution in [0.5, 0.6) is 0 Å². The van der Waals surface area contributed by atoms with Crippen LogP contribution in [-0.4, -0.2) is 36.6 Å². The summed E-state index contributed by atoms with van der Waals surface area (Å²) in [6.45, 7) is 12.9. The van der Waals surface area contributed by atoms with E-state index in [0.29, 0.717) is 0 Å². The van der Waals surface area contributed by atoms with Crippen LogP contribution >= 0.6 is 0 Å². The van der Waals surface area contributed by atoms with Crippen LogP contribution in [0.4, 0.5) is 0 Å². The fourth-order valence-electron chi connectivity index (χ4n) is 2.84. The zero-order chi connectivity index (χ0) is 12.7. The van der Waals surface area contributed by atoms with Crippen LogP contribution in [0.15, 0.2) is 0 Å². The third-order valence-electron chi connectivity index (χ3n) is 4.39. The molecule has 1 saturated carbocycles. The Bertz CT molecular complexity index is 193. The van der Waals surface area contributed by atoms with Gasteiger partial charge in [0.25, 0.3) is 0 Å². The van der Waals surface area contributed by atoms with Crippen LogP contribution in [0.25, 0.3) is 0 Å². The summed E-state index contributed by atoms with van der Waals surface area (Å²) in [5.74, 6) is 0.904. The second-order valence-electron chi connectivity index (χ2n) is 5.56. The fraction of sp³-hybridized carbons (Fsp3) is 1.00. The molecule has 0 aliphatic heterocycles. The molecule has 0 aromatic carbocycles. The summed E-state index contributed by atoms with van der Waals surface area (Å²) < 4.78 is 0. The van der Waals surface area contributed by atoms with E-state index >= 15 is 0 Å². The van der Waals surface area contributed by atoms with Gasteiger partial charge < -0.3 is 5.32 Å². The van der Waals surface area contributed by atoms with Crippen molar-refractivity contribution in [3.63, 3.8) is 0 Å². The molecule has 3 unspecified atom stereocenters. The molecule has 1 rings (SSSR count). The Kier molecular flexibility index (Phi) is 7.14. The molecule has 0 aromatic rings. The van der Waals surface area contributed by atoms with E-state index in [-0.39, 0.29) is 0 Å². The van der Waals surface area contributed by atoms with Crippen molar-refractivity contribution in [1.82, 2.24) is 10.2 Å². The quantitative estimate of drug-likeness (QED) is 0.665. The standard InChI is InChI=1S/C15H32N2/c1-5-8-11-17(13(4)6-2)15-10-9-14(15)12-16-7-3/h13-16H,5-12H2,1-4H3. The van der Waals surface area contributed by atoms with Crippen LogP contribution in [0.2, 0.25) is 0 Å². The monoisotopic (exact) mass is 240 g/mol. The fourth-order valence-corrected chi connectivity index (χ4v) is 2.84. The molecule has 0 radical (unpaired) electrons. The summed E-state index contributed by atoms with van der Waals surface area (Å²) in [7, 11) is 0. The molecule has 3 atom stereocenters. The lowest BCUT2D eigenvalue weighted by molar-refractivity contribution is 0.0303. The highest BCUT2D eigenvalue weighted by molar-refractivity contribution is 4.91. The van der Waals surface area contributed by atoms with Crippen molar-refractivity contribution < 1.29 is 0 Å². The van der Waals surface area contributed by atoms with Crippen molar-refractivity contribution in [1.29, 1.82) is 0 Å². The molecule has 0 heterocycles. The SMILES string of the molecule is CCCCN(C(C)CC)C1CCC1CNCC. The molecule has 0 bridgehead atoms. The lowest BCUT2D eigenvalue weighted by Gasteiger charge is -2.47. The Labute approximate surface area is 108 Å². The van der Waals surface area contributed by atoms with E-state index in [1.54, 1.807) is 0 Å². The minimum absolute atomic E-state index is 0.760. The van der Waals surface area contributed by atoms with Crippen LogP contribution in [0.3, 0.4) is 0 Å². The first-order valence-corrected chi connectivity index (χ1v) is 7.70. The second-order valence-corrected chi connectivity index (χ2v) is 5.56. The van der Waals surface area contributed by atoms with Gasteiger partial charge in [0.05, 0.1) is 0 Å². The average Bonchev–Trinajstić information content (AvgIpc) is 2.32. The zero-order valence-electron chi connectivity index (χ0n) is 12.3. The third kappa shape index (κ3) is 4.26. The van der Waals surface area contributed by atoms with Crippen molar-refractivity contribution in [2.24, 2.45) is 5.92 Å². The largest absolute Gasteiger partial charge is 0.317 e. The highest BCUT2D eigenvalue weighted by Crippen LogP contribution is 2.33. The van der Waals surface area contributed by atoms with Crippen molar-refractivity contribution in [3.8, 4) is 0 Å². The maximum Gasteiger partial charge on any atom is 0.0139 e. The first kappa shape index (κ1) is 15.0. The van der Waals surface area contributed by atoms with Gasteiger partial charge in [0, 0.05) is 12.1 Å². The van der Waals surface area contributed by atoms with E-state index in [1.807, 2.05) is 0 Å². The van der Waals surface area contributed by atoms with E-state index in [9.17, 15) is 0 Å². The molecule has 0 spiro atoms. The average molecular weight is 240 g/mol. The summed E-state index contributed by atoms with van der Waals surface area (Å²) >= 11 is 0. The Morgan fingerprint density at radius 3 is 2.47 bits per heavy atom. The molecule has 0 saturated heterocycles. The molecule has 0 aromatic heterocycles. The van der Waals surface area contributed by atoms with Crippen molar-refractivity contribution in [3.05, 3.63) is 0 Å².